The van der Waals surface area contributed by atoms with E-state index in [2.05, 4.69) is 4.98 Å². The van der Waals surface area contributed by atoms with Gasteiger partial charge in [-0.2, -0.15) is 0 Å². The van der Waals surface area contributed by atoms with Crippen molar-refractivity contribution in [3.63, 3.8) is 0 Å². The van der Waals surface area contributed by atoms with E-state index < -0.39 is 4.92 Å². The fourth-order valence-corrected chi connectivity index (χ4v) is 1.90. The van der Waals surface area contributed by atoms with Gasteiger partial charge in [-0.25, -0.2) is 4.98 Å². The number of rotatable bonds is 2. The molecule has 3 heterocycles. The van der Waals surface area contributed by atoms with Gasteiger partial charge >= 0.3 is 5.88 Å². The molecule has 7 heteroatoms. The SMILES string of the molecule is Cc1ccc2nc(-c3ccc([N+](=O)[O-])o3)c(N)n2c1. The fraction of sp³-hybridized carbons (Fsp3) is 0.0833. The zero-order chi connectivity index (χ0) is 13.6. The van der Waals surface area contributed by atoms with E-state index in [1.807, 2.05) is 25.3 Å². The third-order valence-corrected chi connectivity index (χ3v) is 2.81. The lowest BCUT2D eigenvalue weighted by Crippen LogP contribution is -1.94. The Labute approximate surface area is 107 Å². The smallest absolute Gasteiger partial charge is 0.399 e. The number of furan rings is 1. The molecule has 0 amide bonds. The van der Waals surface area contributed by atoms with Crippen LogP contribution < -0.4 is 5.73 Å². The summed E-state index contributed by atoms with van der Waals surface area (Å²) in [4.78, 5) is 14.3. The molecule has 0 atom stereocenters. The summed E-state index contributed by atoms with van der Waals surface area (Å²) >= 11 is 0. The number of imidazole rings is 1. The standard InChI is InChI=1S/C12H10N4O3/c1-7-2-4-9-14-11(12(13)15(9)6-7)8-3-5-10(19-8)16(17)18/h2-6H,13H2,1H3. The number of fused-ring (bicyclic) bond motifs is 1. The number of aromatic nitrogens is 2. The number of hydrogen-bond donors (Lipinski definition) is 1. The van der Waals surface area contributed by atoms with Crippen LogP contribution in [0.2, 0.25) is 0 Å². The Kier molecular flexibility index (Phi) is 2.28. The van der Waals surface area contributed by atoms with Crippen LogP contribution in [0.5, 0.6) is 0 Å². The van der Waals surface area contributed by atoms with Gasteiger partial charge in [0.2, 0.25) is 0 Å². The first-order valence-corrected chi connectivity index (χ1v) is 5.55. The van der Waals surface area contributed by atoms with Gasteiger partial charge in [-0.3, -0.25) is 14.5 Å². The Morgan fingerprint density at radius 3 is 2.84 bits per heavy atom. The Bertz CT molecular complexity index is 787. The Balaban J connectivity index is 2.19. The van der Waals surface area contributed by atoms with Gasteiger partial charge in [0.25, 0.3) is 0 Å². The summed E-state index contributed by atoms with van der Waals surface area (Å²) in [5.74, 6) is 0.344. The van der Waals surface area contributed by atoms with Gasteiger partial charge in [0.1, 0.15) is 22.1 Å². The number of pyridine rings is 1. The number of nitrogens with two attached hydrogens (primary N) is 1. The summed E-state index contributed by atoms with van der Waals surface area (Å²) in [7, 11) is 0. The summed E-state index contributed by atoms with van der Waals surface area (Å²) in [6, 6.07) is 6.51. The normalized spacial score (nSPS) is 11.0. The van der Waals surface area contributed by atoms with Crippen LogP contribution in [0.4, 0.5) is 11.7 Å². The molecule has 0 unspecified atom stereocenters. The average Bonchev–Trinajstić information content (AvgIpc) is 2.95. The molecule has 0 aromatic carbocycles. The van der Waals surface area contributed by atoms with Gasteiger partial charge in [0.15, 0.2) is 5.76 Å². The van der Waals surface area contributed by atoms with Crippen LogP contribution in [0.1, 0.15) is 5.56 Å². The summed E-state index contributed by atoms with van der Waals surface area (Å²) in [5.41, 5.74) is 8.10. The second-order valence-corrected chi connectivity index (χ2v) is 4.18. The number of nitrogen functional groups attached to an aromatic ring is 1. The van der Waals surface area contributed by atoms with E-state index in [4.69, 9.17) is 10.2 Å². The minimum atomic E-state index is -0.598. The second kappa shape index (κ2) is 3.84. The van der Waals surface area contributed by atoms with Gasteiger partial charge in [-0.1, -0.05) is 6.07 Å². The van der Waals surface area contributed by atoms with Crippen molar-refractivity contribution in [2.75, 3.05) is 5.73 Å². The molecular formula is C12H10N4O3. The Morgan fingerprint density at radius 1 is 1.37 bits per heavy atom. The monoisotopic (exact) mass is 258 g/mol. The van der Waals surface area contributed by atoms with Crippen molar-refractivity contribution in [3.05, 3.63) is 46.1 Å². The minimum Gasteiger partial charge on any atom is -0.399 e. The first-order valence-electron chi connectivity index (χ1n) is 5.55. The third-order valence-electron chi connectivity index (χ3n) is 2.81. The highest BCUT2D eigenvalue weighted by Gasteiger charge is 2.18. The largest absolute Gasteiger partial charge is 0.433 e. The van der Waals surface area contributed by atoms with Crippen LogP contribution in [0.3, 0.4) is 0 Å². The van der Waals surface area contributed by atoms with Crippen LogP contribution >= 0.6 is 0 Å². The van der Waals surface area contributed by atoms with Crippen molar-refractivity contribution in [3.8, 4) is 11.5 Å². The molecule has 0 fully saturated rings. The topological polar surface area (TPSA) is 99.6 Å². The number of anilines is 1. The molecule has 0 spiro atoms. The Hall–Kier alpha value is -2.83. The highest BCUT2D eigenvalue weighted by molar-refractivity contribution is 5.72. The molecule has 0 aliphatic carbocycles. The number of nitrogens with zero attached hydrogens (tertiary/aromatic N) is 3. The molecule has 0 radical (unpaired) electrons. The molecular weight excluding hydrogens is 248 g/mol. The van der Waals surface area contributed by atoms with E-state index in [9.17, 15) is 10.1 Å². The summed E-state index contributed by atoms with van der Waals surface area (Å²) in [5, 5.41) is 10.6. The molecule has 96 valence electrons. The van der Waals surface area contributed by atoms with Crippen LogP contribution in [-0.4, -0.2) is 14.3 Å². The molecule has 0 saturated heterocycles. The van der Waals surface area contributed by atoms with Crippen molar-refractivity contribution >= 4 is 17.3 Å². The van der Waals surface area contributed by atoms with Gasteiger partial charge in [0.05, 0.1) is 6.07 Å². The van der Waals surface area contributed by atoms with E-state index in [-0.39, 0.29) is 11.6 Å². The van der Waals surface area contributed by atoms with E-state index in [0.29, 0.717) is 17.2 Å². The van der Waals surface area contributed by atoms with Gasteiger partial charge in [-0.05, 0) is 24.6 Å². The molecule has 0 aliphatic rings. The van der Waals surface area contributed by atoms with Crippen molar-refractivity contribution < 1.29 is 9.34 Å². The first-order chi connectivity index (χ1) is 9.06. The van der Waals surface area contributed by atoms with E-state index in [1.165, 1.54) is 12.1 Å². The lowest BCUT2D eigenvalue weighted by molar-refractivity contribution is -0.401. The van der Waals surface area contributed by atoms with Crippen LogP contribution in [0.15, 0.2) is 34.9 Å². The van der Waals surface area contributed by atoms with E-state index in [0.717, 1.165) is 5.56 Å². The summed E-state index contributed by atoms with van der Waals surface area (Å²) in [6.07, 6.45) is 1.85. The van der Waals surface area contributed by atoms with Gasteiger partial charge < -0.3 is 10.2 Å². The zero-order valence-corrected chi connectivity index (χ0v) is 10.0. The highest BCUT2D eigenvalue weighted by atomic mass is 16.6. The quantitative estimate of drug-likeness (QED) is 0.562. The average molecular weight is 258 g/mol. The number of hydrogen-bond acceptors (Lipinski definition) is 5. The lowest BCUT2D eigenvalue weighted by atomic mass is 10.3. The van der Waals surface area contributed by atoms with Crippen molar-refractivity contribution in [1.82, 2.24) is 9.38 Å². The summed E-state index contributed by atoms with van der Waals surface area (Å²) < 4.78 is 6.84. The predicted octanol–water partition coefficient (Wildman–Crippen LogP) is 2.39. The number of aryl methyl sites for hydroxylation is 1. The molecule has 3 rings (SSSR count). The predicted molar refractivity (Wildman–Crippen MR) is 68.7 cm³/mol. The van der Waals surface area contributed by atoms with Crippen molar-refractivity contribution in [2.24, 2.45) is 0 Å². The maximum absolute atomic E-state index is 10.6. The molecule has 7 nitrogen and oxygen atoms in total. The van der Waals surface area contributed by atoms with E-state index in [1.54, 1.807) is 4.40 Å². The van der Waals surface area contributed by atoms with Crippen LogP contribution in [-0.2, 0) is 0 Å². The van der Waals surface area contributed by atoms with Crippen molar-refractivity contribution in [1.29, 1.82) is 0 Å². The molecule has 0 saturated carbocycles. The van der Waals surface area contributed by atoms with Crippen LogP contribution in [0, 0.1) is 17.0 Å². The lowest BCUT2D eigenvalue weighted by Gasteiger charge is -1.97. The fourth-order valence-electron chi connectivity index (χ4n) is 1.90. The minimum absolute atomic E-state index is 0.283. The molecule has 3 aromatic rings. The zero-order valence-electron chi connectivity index (χ0n) is 10.0. The summed E-state index contributed by atoms with van der Waals surface area (Å²) in [6.45, 7) is 1.94. The van der Waals surface area contributed by atoms with Gasteiger partial charge in [-0.15, -0.1) is 0 Å². The third kappa shape index (κ3) is 1.71. The Morgan fingerprint density at radius 2 is 2.16 bits per heavy atom. The van der Waals surface area contributed by atoms with Crippen molar-refractivity contribution in [2.45, 2.75) is 6.92 Å². The molecule has 2 N–H and O–H groups in total. The highest BCUT2D eigenvalue weighted by Crippen LogP contribution is 2.30. The maximum Gasteiger partial charge on any atom is 0.433 e. The molecule has 3 aromatic heterocycles. The molecule has 0 bridgehead atoms. The maximum atomic E-state index is 10.6. The number of nitro groups is 1. The second-order valence-electron chi connectivity index (χ2n) is 4.18. The molecule has 19 heavy (non-hydrogen) atoms. The van der Waals surface area contributed by atoms with E-state index >= 15 is 0 Å². The molecule has 0 aliphatic heterocycles. The van der Waals surface area contributed by atoms with Gasteiger partial charge in [0, 0.05) is 6.20 Å². The first kappa shape index (κ1) is 11.3. The van der Waals surface area contributed by atoms with Crippen LogP contribution in [0.25, 0.3) is 17.1 Å².